The summed E-state index contributed by atoms with van der Waals surface area (Å²) in [6.07, 6.45) is 2.79. The molecule has 3 aromatic carbocycles. The Morgan fingerprint density at radius 3 is 2.33 bits per heavy atom. The molecule has 0 spiro atoms. The van der Waals surface area contributed by atoms with Gasteiger partial charge in [-0.1, -0.05) is 53.5 Å². The molecule has 4 aromatic rings. The number of anilines is 1. The van der Waals surface area contributed by atoms with E-state index in [1.165, 1.54) is 50.9 Å². The second kappa shape index (κ2) is 15.3. The first-order chi connectivity index (χ1) is 24.5. The summed E-state index contributed by atoms with van der Waals surface area (Å²) in [5.41, 5.74) is 0.765. The van der Waals surface area contributed by atoms with Crippen LogP contribution in [0.5, 0.6) is 11.5 Å². The number of amides is 1. The smallest absolute Gasteiger partial charge is 0.415 e. The third-order valence-electron chi connectivity index (χ3n) is 9.67. The number of ether oxygens (including phenoxy) is 3. The van der Waals surface area contributed by atoms with Gasteiger partial charge in [0.2, 0.25) is 12.4 Å². The molecule has 3 aliphatic rings. The summed E-state index contributed by atoms with van der Waals surface area (Å²) < 4.78 is 47.9. The Bertz CT molecular complexity index is 1930. The number of aromatic nitrogens is 1. The molecule has 268 valence electrons. The van der Waals surface area contributed by atoms with E-state index in [4.69, 9.17) is 37.4 Å². The van der Waals surface area contributed by atoms with Crippen LogP contribution in [-0.4, -0.2) is 62.1 Å². The van der Waals surface area contributed by atoms with Crippen molar-refractivity contribution in [1.82, 2.24) is 4.90 Å². The molecule has 51 heavy (non-hydrogen) atoms. The number of carbonyl (C=O) groups excluding carboxylic acids is 2. The third-order valence-corrected chi connectivity index (χ3v) is 10.3. The van der Waals surface area contributed by atoms with Crippen LogP contribution in [0.2, 0.25) is 10.0 Å². The van der Waals surface area contributed by atoms with Crippen LogP contribution in [0.25, 0.3) is 0 Å². The van der Waals surface area contributed by atoms with E-state index < -0.39 is 42.3 Å². The van der Waals surface area contributed by atoms with Gasteiger partial charge >= 0.3 is 6.09 Å². The lowest BCUT2D eigenvalue weighted by molar-refractivity contribution is -0.904. The zero-order valence-corrected chi connectivity index (χ0v) is 29.3. The van der Waals surface area contributed by atoms with Gasteiger partial charge in [0.15, 0.2) is 23.1 Å². The number of nitrogens with zero attached hydrogens (tertiary/aromatic N) is 3. The Labute approximate surface area is 303 Å². The standard InChI is InChI=1S/C37H35Cl2F2N3O7/c1-49-31-10-9-22(15-32(31)50-2)25(16-26-27(38)18-43(48)19-28(26)39)34-23(5-3-6-24(34)36(45)46)17-44(30-8-4-7-29(40)35(30)41)37(47)51-33-20-42-13-11-21(33)12-14-42/h3-10,15,18-19,21,25,33H,11-14,16-17,20H2,1-2H3,(H-,45,46,48)/t25-,33-/m0/s1. The summed E-state index contributed by atoms with van der Waals surface area (Å²) in [7, 11) is 2.93. The number of hydrogen-bond acceptors (Lipinski definition) is 8. The molecular formula is C37H35Cl2F2N3O7. The maximum Gasteiger partial charge on any atom is 0.415 e. The molecule has 1 N–H and O–H groups in total. The molecule has 7 rings (SSSR count). The van der Waals surface area contributed by atoms with Crippen LogP contribution < -0.4 is 24.2 Å². The minimum absolute atomic E-state index is 0.0103. The summed E-state index contributed by atoms with van der Waals surface area (Å²) in [5, 5.41) is 23.1. The fourth-order valence-corrected chi connectivity index (χ4v) is 7.70. The van der Waals surface area contributed by atoms with Gasteiger partial charge in [0, 0.05) is 28.3 Å². The predicted molar refractivity (Wildman–Crippen MR) is 182 cm³/mol. The SMILES string of the molecule is COc1ccc([C@H](Cc2c(Cl)c[n+](O)cc2Cl)c2c(CN(C(=O)O[C@H]3CN4CCC3CC4)c3cccc(F)c3F)cccc2C(=O)[O-])cc1OC. The second-order valence-electron chi connectivity index (χ2n) is 12.6. The van der Waals surface area contributed by atoms with Crippen LogP contribution in [0.3, 0.4) is 0 Å². The lowest BCUT2D eigenvalue weighted by Gasteiger charge is -2.44. The van der Waals surface area contributed by atoms with Crippen molar-refractivity contribution >= 4 is 41.0 Å². The van der Waals surface area contributed by atoms with Gasteiger partial charge in [-0.25, -0.2) is 13.6 Å². The van der Waals surface area contributed by atoms with Gasteiger partial charge in [0.1, 0.15) is 16.1 Å². The maximum absolute atomic E-state index is 15.5. The normalized spacial score (nSPS) is 18.6. The average Bonchev–Trinajstić information content (AvgIpc) is 3.12. The van der Waals surface area contributed by atoms with Crippen LogP contribution in [0, 0.1) is 17.6 Å². The molecular weight excluding hydrogens is 707 g/mol. The van der Waals surface area contributed by atoms with Crippen molar-refractivity contribution in [3.05, 3.63) is 116 Å². The number of piperidine rings is 3. The highest BCUT2D eigenvalue weighted by Gasteiger charge is 2.38. The van der Waals surface area contributed by atoms with Crippen LogP contribution in [0.1, 0.15) is 51.4 Å². The van der Waals surface area contributed by atoms with Gasteiger partial charge in [-0.05, 0) is 79.2 Å². The number of fused-ring (bicyclic) bond motifs is 3. The lowest BCUT2D eigenvalue weighted by atomic mass is 9.80. The van der Waals surface area contributed by atoms with E-state index in [1.807, 2.05) is 0 Å². The highest BCUT2D eigenvalue weighted by Crippen LogP contribution is 2.41. The van der Waals surface area contributed by atoms with Crippen molar-refractivity contribution in [2.24, 2.45) is 5.92 Å². The van der Waals surface area contributed by atoms with Gasteiger partial charge in [-0.3, -0.25) is 15.0 Å². The first-order valence-electron chi connectivity index (χ1n) is 16.3. The van der Waals surface area contributed by atoms with E-state index >= 15 is 4.39 Å². The van der Waals surface area contributed by atoms with Gasteiger partial charge in [0.05, 0.1) is 32.4 Å². The Balaban J connectivity index is 1.51. The summed E-state index contributed by atoms with van der Waals surface area (Å²) in [4.78, 5) is 30.1. The number of carboxylic acid groups (broad SMARTS) is 1. The maximum atomic E-state index is 15.5. The number of halogens is 4. The van der Waals surface area contributed by atoms with E-state index in [9.17, 15) is 24.3 Å². The molecule has 0 unspecified atom stereocenters. The third kappa shape index (κ3) is 7.53. The Kier molecular flexibility index (Phi) is 10.8. The number of rotatable bonds is 11. The molecule has 3 aliphatic heterocycles. The predicted octanol–water partition coefficient (Wildman–Crippen LogP) is 5.79. The summed E-state index contributed by atoms with van der Waals surface area (Å²) in [6.45, 7) is 1.90. The van der Waals surface area contributed by atoms with E-state index in [1.54, 1.807) is 24.3 Å². The first-order valence-corrected chi connectivity index (χ1v) is 17.0. The number of hydrogen-bond donors (Lipinski definition) is 1. The highest BCUT2D eigenvalue weighted by molar-refractivity contribution is 6.35. The molecule has 10 nitrogen and oxygen atoms in total. The zero-order valence-electron chi connectivity index (χ0n) is 27.8. The number of methoxy groups -OCH3 is 2. The van der Waals surface area contributed by atoms with Crippen molar-refractivity contribution in [2.45, 2.75) is 37.8 Å². The largest absolute Gasteiger partial charge is 0.545 e. The van der Waals surface area contributed by atoms with Crippen LogP contribution in [-0.2, 0) is 17.7 Å². The van der Waals surface area contributed by atoms with Crippen molar-refractivity contribution < 1.29 is 47.6 Å². The zero-order chi connectivity index (χ0) is 36.4. The van der Waals surface area contributed by atoms with Gasteiger partial charge < -0.3 is 24.1 Å². The number of pyridine rings is 1. The van der Waals surface area contributed by atoms with Gasteiger partial charge in [-0.15, -0.1) is 0 Å². The molecule has 3 saturated heterocycles. The van der Waals surface area contributed by atoms with E-state index in [0.29, 0.717) is 33.9 Å². The Hall–Kier alpha value is -4.65. The van der Waals surface area contributed by atoms with Crippen LogP contribution in [0.4, 0.5) is 19.3 Å². The molecule has 2 atom stereocenters. The second-order valence-corrected chi connectivity index (χ2v) is 13.4. The molecule has 0 aliphatic carbocycles. The topological polar surface area (TPSA) is 115 Å². The van der Waals surface area contributed by atoms with Crippen LogP contribution in [0.15, 0.2) is 67.0 Å². The molecule has 1 amide bonds. The number of carboxylic acids is 1. The quantitative estimate of drug-likeness (QED) is 0.152. The van der Waals surface area contributed by atoms with E-state index in [-0.39, 0.29) is 44.8 Å². The monoisotopic (exact) mass is 741 g/mol. The van der Waals surface area contributed by atoms with Gasteiger partial charge in [-0.2, -0.15) is 0 Å². The fraction of sp³-hybridized carbons (Fsp3) is 0.324. The van der Waals surface area contributed by atoms with Crippen LogP contribution >= 0.6 is 23.2 Å². The molecule has 1 aromatic heterocycles. The fourth-order valence-electron chi connectivity index (χ4n) is 7.09. The minimum atomic E-state index is -1.52. The average molecular weight is 743 g/mol. The van der Waals surface area contributed by atoms with Crippen molar-refractivity contribution in [3.63, 3.8) is 0 Å². The molecule has 3 fully saturated rings. The minimum Gasteiger partial charge on any atom is -0.545 e. The molecule has 0 radical (unpaired) electrons. The lowest BCUT2D eigenvalue weighted by Crippen LogP contribution is -2.53. The number of benzene rings is 3. The summed E-state index contributed by atoms with van der Waals surface area (Å²) in [6, 6.07) is 12.9. The number of carbonyl (C=O) groups is 2. The Morgan fingerprint density at radius 1 is 1.02 bits per heavy atom. The molecule has 2 bridgehead atoms. The number of aromatic carboxylic acids is 1. The highest BCUT2D eigenvalue weighted by atomic mass is 35.5. The van der Waals surface area contributed by atoms with Crippen molar-refractivity contribution in [2.75, 3.05) is 38.8 Å². The Morgan fingerprint density at radius 2 is 1.71 bits per heavy atom. The molecule has 14 heteroatoms. The molecule has 4 heterocycles. The summed E-state index contributed by atoms with van der Waals surface area (Å²) in [5.74, 6) is -3.94. The van der Waals surface area contributed by atoms with E-state index in [2.05, 4.69) is 4.90 Å². The van der Waals surface area contributed by atoms with Crippen molar-refractivity contribution in [1.29, 1.82) is 0 Å². The van der Waals surface area contributed by atoms with Crippen molar-refractivity contribution in [3.8, 4) is 11.5 Å². The molecule has 0 saturated carbocycles. The van der Waals surface area contributed by atoms with Gasteiger partial charge in [0.25, 0.3) is 0 Å². The first kappa shape index (κ1) is 36.2. The van der Waals surface area contributed by atoms with E-state index in [0.717, 1.165) is 36.9 Å². The summed E-state index contributed by atoms with van der Waals surface area (Å²) >= 11 is 13.1.